The molecule has 84 valence electrons. The van der Waals surface area contributed by atoms with Gasteiger partial charge in [-0.2, -0.15) is 0 Å². The summed E-state index contributed by atoms with van der Waals surface area (Å²) in [6.07, 6.45) is 3.18. The monoisotopic (exact) mass is 215 g/mol. The van der Waals surface area contributed by atoms with E-state index in [-0.39, 0.29) is 5.41 Å². The Hall–Kier alpha value is -1.54. The zero-order valence-electron chi connectivity index (χ0n) is 9.64. The maximum Gasteiger partial charge on any atom is 0.0895 e. The number of aromatic nitrogens is 1. The van der Waals surface area contributed by atoms with Crippen LogP contribution in [0.3, 0.4) is 0 Å². The summed E-state index contributed by atoms with van der Waals surface area (Å²) in [6.45, 7) is 4.11. The summed E-state index contributed by atoms with van der Waals surface area (Å²) in [4.78, 5) is 2.97. The van der Waals surface area contributed by atoms with Crippen LogP contribution in [0.1, 0.15) is 31.1 Å². The Morgan fingerprint density at radius 2 is 1.81 bits per heavy atom. The van der Waals surface area contributed by atoms with Crippen molar-refractivity contribution in [2.75, 3.05) is 0 Å². The molecule has 2 aromatic rings. The van der Waals surface area contributed by atoms with Crippen LogP contribution in [0.25, 0.3) is 0 Å². The highest BCUT2D eigenvalue weighted by Gasteiger charge is 2.30. The zero-order valence-corrected chi connectivity index (χ0v) is 9.64. The molecule has 0 amide bonds. The summed E-state index contributed by atoms with van der Waals surface area (Å²) in [5, 5.41) is 10.4. The summed E-state index contributed by atoms with van der Waals surface area (Å²) in [6, 6.07) is 12.0. The molecule has 0 spiro atoms. The SMILES string of the molecule is CC(C)(c1ccccc1)C(O)c1cc[nH]c1. The quantitative estimate of drug-likeness (QED) is 0.811. The van der Waals surface area contributed by atoms with Crippen molar-refractivity contribution in [3.63, 3.8) is 0 Å². The Kier molecular flexibility index (Phi) is 2.84. The Morgan fingerprint density at radius 1 is 1.12 bits per heavy atom. The van der Waals surface area contributed by atoms with Crippen LogP contribution in [0, 0.1) is 0 Å². The van der Waals surface area contributed by atoms with E-state index >= 15 is 0 Å². The minimum Gasteiger partial charge on any atom is -0.387 e. The standard InChI is InChI=1S/C14H17NO/c1-14(2,12-6-4-3-5-7-12)13(16)11-8-9-15-10-11/h3-10,13,15-16H,1-2H3. The second-order valence-electron chi connectivity index (χ2n) is 4.63. The Labute approximate surface area is 96.0 Å². The molecule has 0 radical (unpaired) electrons. The zero-order chi connectivity index (χ0) is 11.6. The molecule has 0 aliphatic heterocycles. The van der Waals surface area contributed by atoms with E-state index in [0.717, 1.165) is 11.1 Å². The van der Waals surface area contributed by atoms with Crippen molar-refractivity contribution in [2.45, 2.75) is 25.4 Å². The fourth-order valence-corrected chi connectivity index (χ4v) is 1.95. The molecular formula is C14H17NO. The van der Waals surface area contributed by atoms with Gasteiger partial charge in [-0.15, -0.1) is 0 Å². The lowest BCUT2D eigenvalue weighted by molar-refractivity contribution is 0.100. The van der Waals surface area contributed by atoms with Gasteiger partial charge in [0.05, 0.1) is 6.10 Å². The number of rotatable bonds is 3. The molecule has 1 unspecified atom stereocenters. The van der Waals surface area contributed by atoms with Gasteiger partial charge in [0.25, 0.3) is 0 Å². The van der Waals surface area contributed by atoms with Gasteiger partial charge in [-0.3, -0.25) is 0 Å². The molecular weight excluding hydrogens is 198 g/mol. The first-order valence-electron chi connectivity index (χ1n) is 5.48. The molecule has 1 heterocycles. The molecule has 0 aliphatic rings. The maximum atomic E-state index is 10.4. The van der Waals surface area contributed by atoms with Crippen LogP contribution in [-0.2, 0) is 5.41 Å². The highest BCUT2D eigenvalue weighted by molar-refractivity contribution is 5.29. The average molecular weight is 215 g/mol. The predicted octanol–water partition coefficient (Wildman–Crippen LogP) is 3.03. The van der Waals surface area contributed by atoms with Crippen LogP contribution < -0.4 is 0 Å². The second kappa shape index (κ2) is 4.14. The van der Waals surface area contributed by atoms with Gasteiger partial charge in [-0.25, -0.2) is 0 Å². The molecule has 1 aromatic carbocycles. The highest BCUT2D eigenvalue weighted by Crippen LogP contribution is 2.36. The van der Waals surface area contributed by atoms with E-state index in [4.69, 9.17) is 0 Å². The molecule has 1 atom stereocenters. The van der Waals surface area contributed by atoms with Crippen LogP contribution in [0.15, 0.2) is 48.8 Å². The van der Waals surface area contributed by atoms with Crippen molar-refractivity contribution in [3.05, 3.63) is 59.9 Å². The van der Waals surface area contributed by atoms with Crippen molar-refractivity contribution in [2.24, 2.45) is 0 Å². The van der Waals surface area contributed by atoms with Crippen LogP contribution in [0.4, 0.5) is 0 Å². The Balaban J connectivity index is 2.32. The van der Waals surface area contributed by atoms with Crippen molar-refractivity contribution < 1.29 is 5.11 Å². The molecule has 0 bridgehead atoms. The number of aromatic amines is 1. The summed E-state index contributed by atoms with van der Waals surface area (Å²) in [5.74, 6) is 0. The molecule has 2 N–H and O–H groups in total. The van der Waals surface area contributed by atoms with E-state index in [9.17, 15) is 5.11 Å². The van der Waals surface area contributed by atoms with E-state index in [2.05, 4.69) is 31.0 Å². The predicted molar refractivity (Wildman–Crippen MR) is 65.2 cm³/mol. The lowest BCUT2D eigenvalue weighted by Crippen LogP contribution is -2.26. The second-order valence-corrected chi connectivity index (χ2v) is 4.63. The van der Waals surface area contributed by atoms with Crippen molar-refractivity contribution in [1.82, 2.24) is 4.98 Å². The molecule has 0 saturated heterocycles. The number of benzene rings is 1. The van der Waals surface area contributed by atoms with E-state index in [1.807, 2.05) is 36.7 Å². The van der Waals surface area contributed by atoms with Crippen molar-refractivity contribution >= 4 is 0 Å². The highest BCUT2D eigenvalue weighted by atomic mass is 16.3. The summed E-state index contributed by atoms with van der Waals surface area (Å²) in [5.41, 5.74) is 1.78. The third-order valence-electron chi connectivity index (χ3n) is 3.14. The third-order valence-corrected chi connectivity index (χ3v) is 3.14. The van der Waals surface area contributed by atoms with Crippen LogP contribution >= 0.6 is 0 Å². The topological polar surface area (TPSA) is 36.0 Å². The van der Waals surface area contributed by atoms with E-state index in [1.165, 1.54) is 0 Å². The molecule has 16 heavy (non-hydrogen) atoms. The van der Waals surface area contributed by atoms with Crippen LogP contribution in [0.5, 0.6) is 0 Å². The lowest BCUT2D eigenvalue weighted by Gasteiger charge is -2.30. The van der Waals surface area contributed by atoms with Gasteiger partial charge >= 0.3 is 0 Å². The number of nitrogens with one attached hydrogen (secondary N) is 1. The molecule has 1 aromatic heterocycles. The summed E-state index contributed by atoms with van der Waals surface area (Å²) in [7, 11) is 0. The van der Waals surface area contributed by atoms with Crippen LogP contribution in [-0.4, -0.2) is 10.1 Å². The molecule has 0 aliphatic carbocycles. The number of H-pyrrole nitrogens is 1. The van der Waals surface area contributed by atoms with E-state index < -0.39 is 6.10 Å². The van der Waals surface area contributed by atoms with E-state index in [0.29, 0.717) is 0 Å². The number of hydrogen-bond donors (Lipinski definition) is 2. The molecule has 2 nitrogen and oxygen atoms in total. The van der Waals surface area contributed by atoms with Gasteiger partial charge in [-0.1, -0.05) is 44.2 Å². The fraction of sp³-hybridized carbons (Fsp3) is 0.286. The van der Waals surface area contributed by atoms with Crippen LogP contribution in [0.2, 0.25) is 0 Å². The lowest BCUT2D eigenvalue weighted by atomic mass is 9.77. The van der Waals surface area contributed by atoms with Gasteiger partial charge in [-0.05, 0) is 17.2 Å². The van der Waals surface area contributed by atoms with Gasteiger partial charge in [0.15, 0.2) is 0 Å². The Bertz CT molecular complexity index is 431. The smallest absolute Gasteiger partial charge is 0.0895 e. The minimum atomic E-state index is -0.499. The Morgan fingerprint density at radius 3 is 2.38 bits per heavy atom. The molecule has 0 fully saturated rings. The maximum absolute atomic E-state index is 10.4. The normalized spacial score (nSPS) is 13.7. The fourth-order valence-electron chi connectivity index (χ4n) is 1.95. The number of aliphatic hydroxyl groups is 1. The number of aliphatic hydroxyl groups excluding tert-OH is 1. The first-order chi connectivity index (χ1) is 7.62. The average Bonchev–Trinajstić information content (AvgIpc) is 2.82. The molecule has 2 heteroatoms. The third kappa shape index (κ3) is 1.89. The summed E-state index contributed by atoms with van der Waals surface area (Å²) < 4.78 is 0. The molecule has 0 saturated carbocycles. The largest absolute Gasteiger partial charge is 0.387 e. The van der Waals surface area contributed by atoms with E-state index in [1.54, 1.807) is 0 Å². The minimum absolute atomic E-state index is 0.288. The van der Waals surface area contributed by atoms with Crippen molar-refractivity contribution in [1.29, 1.82) is 0 Å². The summed E-state index contributed by atoms with van der Waals surface area (Å²) >= 11 is 0. The number of hydrogen-bond acceptors (Lipinski definition) is 1. The van der Waals surface area contributed by atoms with Gasteiger partial charge in [0.2, 0.25) is 0 Å². The van der Waals surface area contributed by atoms with Gasteiger partial charge in [0, 0.05) is 17.8 Å². The first kappa shape index (κ1) is 11.0. The molecule has 2 rings (SSSR count). The van der Waals surface area contributed by atoms with Crippen molar-refractivity contribution in [3.8, 4) is 0 Å². The van der Waals surface area contributed by atoms with Gasteiger partial charge in [0.1, 0.15) is 0 Å². The first-order valence-corrected chi connectivity index (χ1v) is 5.48. The van der Waals surface area contributed by atoms with Gasteiger partial charge < -0.3 is 10.1 Å².